The molecule has 0 aromatic heterocycles. The summed E-state index contributed by atoms with van der Waals surface area (Å²) >= 11 is 0. The number of hydrogen-bond acceptors (Lipinski definition) is 2. The number of rotatable bonds is 1. The second kappa shape index (κ2) is 4.36. The van der Waals surface area contributed by atoms with Gasteiger partial charge in [-0.2, -0.15) is 0 Å². The molecule has 0 fully saturated rings. The molecule has 1 aliphatic carbocycles. The molecule has 1 aliphatic rings. The molecule has 0 aliphatic heterocycles. The van der Waals surface area contributed by atoms with E-state index in [1.165, 1.54) is 13.1 Å². The largest absolute Gasteiger partial charge is 0.355 e. The number of hydrogen-bond donors (Lipinski definition) is 1. The highest BCUT2D eigenvalue weighted by molar-refractivity contribution is 5.98. The van der Waals surface area contributed by atoms with E-state index in [1.807, 2.05) is 0 Å². The molecule has 0 radical (unpaired) electrons. The summed E-state index contributed by atoms with van der Waals surface area (Å²) in [4.78, 5) is 22.1. The third kappa shape index (κ3) is 1.79. The topological polar surface area (TPSA) is 46.2 Å². The summed E-state index contributed by atoms with van der Waals surface area (Å²) in [7, 11) is 1.51. The van der Waals surface area contributed by atoms with Crippen LogP contribution in [0.2, 0.25) is 0 Å². The first kappa shape index (κ1) is 11.3. The standard InChI is InChI=1S/C13H10FNO2/c1-15-13(17)11-4-2-3-10-9(11)6-5-8(7-16)12(10)14/h2-6,12H,1H3,(H,15,17). The summed E-state index contributed by atoms with van der Waals surface area (Å²) < 4.78 is 13.9. The van der Waals surface area contributed by atoms with E-state index in [0.29, 0.717) is 16.7 Å². The molecule has 2 rings (SSSR count). The highest BCUT2D eigenvalue weighted by atomic mass is 19.1. The van der Waals surface area contributed by atoms with Gasteiger partial charge in [-0.05, 0) is 23.3 Å². The predicted octanol–water partition coefficient (Wildman–Crippen LogP) is 1.84. The lowest BCUT2D eigenvalue weighted by molar-refractivity contribution is 0.0962. The van der Waals surface area contributed by atoms with Gasteiger partial charge in [-0.1, -0.05) is 18.2 Å². The summed E-state index contributed by atoms with van der Waals surface area (Å²) in [5, 5.41) is 2.49. The van der Waals surface area contributed by atoms with Gasteiger partial charge in [0.05, 0.1) is 5.57 Å². The van der Waals surface area contributed by atoms with Gasteiger partial charge in [-0.25, -0.2) is 9.18 Å². The van der Waals surface area contributed by atoms with Crippen molar-refractivity contribution in [1.29, 1.82) is 0 Å². The average Bonchev–Trinajstić information content (AvgIpc) is 2.38. The zero-order chi connectivity index (χ0) is 12.4. The molecule has 0 spiro atoms. The van der Waals surface area contributed by atoms with Crippen molar-refractivity contribution in [1.82, 2.24) is 5.32 Å². The molecular formula is C13H10FNO2. The van der Waals surface area contributed by atoms with Crippen LogP contribution in [0.15, 0.2) is 29.8 Å². The van der Waals surface area contributed by atoms with Crippen molar-refractivity contribution in [3.05, 3.63) is 46.5 Å². The normalized spacial score (nSPS) is 17.3. The van der Waals surface area contributed by atoms with Gasteiger partial charge in [0.1, 0.15) is 5.94 Å². The maximum atomic E-state index is 13.9. The number of benzene rings is 1. The van der Waals surface area contributed by atoms with E-state index in [9.17, 15) is 14.0 Å². The van der Waals surface area contributed by atoms with E-state index in [-0.39, 0.29) is 11.5 Å². The SMILES string of the molecule is CNC(=O)c1cccc2c1C=CC(=C=O)C2F. The average molecular weight is 231 g/mol. The Labute approximate surface area is 97.6 Å². The van der Waals surface area contributed by atoms with Gasteiger partial charge in [0.15, 0.2) is 6.17 Å². The molecular weight excluding hydrogens is 221 g/mol. The van der Waals surface area contributed by atoms with Gasteiger partial charge in [0.2, 0.25) is 0 Å². The molecule has 4 heteroatoms. The monoisotopic (exact) mass is 231 g/mol. The number of amides is 1. The molecule has 0 heterocycles. The van der Waals surface area contributed by atoms with Crippen molar-refractivity contribution >= 4 is 17.9 Å². The van der Waals surface area contributed by atoms with Crippen molar-refractivity contribution < 1.29 is 14.0 Å². The van der Waals surface area contributed by atoms with Crippen molar-refractivity contribution in [3.8, 4) is 0 Å². The van der Waals surface area contributed by atoms with Gasteiger partial charge in [0.25, 0.3) is 5.91 Å². The van der Waals surface area contributed by atoms with Crippen LogP contribution in [0.25, 0.3) is 6.08 Å². The second-order valence-electron chi connectivity index (χ2n) is 3.64. The molecule has 86 valence electrons. The molecule has 17 heavy (non-hydrogen) atoms. The molecule has 3 nitrogen and oxygen atoms in total. The zero-order valence-electron chi connectivity index (χ0n) is 9.16. The molecule has 1 aromatic carbocycles. The summed E-state index contributed by atoms with van der Waals surface area (Å²) in [6.45, 7) is 0. The maximum Gasteiger partial charge on any atom is 0.251 e. The first-order valence-electron chi connectivity index (χ1n) is 5.11. The number of alkyl halides is 1. The molecule has 1 atom stereocenters. The number of carbonyl (C=O) groups is 1. The quantitative estimate of drug-likeness (QED) is 0.749. The zero-order valence-corrected chi connectivity index (χ0v) is 9.16. The van der Waals surface area contributed by atoms with Crippen LogP contribution in [0.4, 0.5) is 4.39 Å². The number of allylic oxidation sites excluding steroid dienone is 2. The van der Waals surface area contributed by atoms with Crippen molar-refractivity contribution in [3.63, 3.8) is 0 Å². The van der Waals surface area contributed by atoms with E-state index < -0.39 is 6.17 Å². The molecule has 0 bridgehead atoms. The summed E-state index contributed by atoms with van der Waals surface area (Å²) in [6, 6.07) is 4.77. The van der Waals surface area contributed by atoms with Crippen molar-refractivity contribution in [2.75, 3.05) is 7.05 Å². The molecule has 0 saturated heterocycles. The van der Waals surface area contributed by atoms with Gasteiger partial charge >= 0.3 is 0 Å². The van der Waals surface area contributed by atoms with E-state index in [0.717, 1.165) is 0 Å². The minimum atomic E-state index is -1.52. The Bertz CT molecular complexity index is 557. The lowest BCUT2D eigenvalue weighted by Gasteiger charge is -2.17. The maximum absolute atomic E-state index is 13.9. The Morgan fingerprint density at radius 2 is 2.18 bits per heavy atom. The van der Waals surface area contributed by atoms with Crippen LogP contribution >= 0.6 is 0 Å². The predicted molar refractivity (Wildman–Crippen MR) is 61.9 cm³/mol. The van der Waals surface area contributed by atoms with Crippen LogP contribution in [-0.4, -0.2) is 18.9 Å². The fourth-order valence-electron chi connectivity index (χ4n) is 1.83. The van der Waals surface area contributed by atoms with Crippen LogP contribution in [0.1, 0.15) is 27.7 Å². The first-order chi connectivity index (χ1) is 8.19. The van der Waals surface area contributed by atoms with Crippen LogP contribution in [0.5, 0.6) is 0 Å². The smallest absolute Gasteiger partial charge is 0.251 e. The fraction of sp³-hybridized carbons (Fsp3) is 0.154. The minimum absolute atomic E-state index is 0.0495. The third-order valence-electron chi connectivity index (χ3n) is 2.71. The van der Waals surface area contributed by atoms with Gasteiger partial charge in [-0.15, -0.1) is 0 Å². The third-order valence-corrected chi connectivity index (χ3v) is 2.71. The Morgan fingerprint density at radius 1 is 1.41 bits per heavy atom. The highest BCUT2D eigenvalue weighted by Crippen LogP contribution is 2.34. The van der Waals surface area contributed by atoms with Gasteiger partial charge in [-0.3, -0.25) is 4.79 Å². The van der Waals surface area contributed by atoms with Crippen molar-refractivity contribution in [2.45, 2.75) is 6.17 Å². The summed E-state index contributed by atoms with van der Waals surface area (Å²) in [5.41, 5.74) is 1.19. The van der Waals surface area contributed by atoms with Crippen molar-refractivity contribution in [2.24, 2.45) is 0 Å². The number of halogens is 1. The molecule has 0 saturated carbocycles. The highest BCUT2D eigenvalue weighted by Gasteiger charge is 2.24. The molecule has 1 N–H and O–H groups in total. The van der Waals surface area contributed by atoms with E-state index >= 15 is 0 Å². The van der Waals surface area contributed by atoms with Crippen LogP contribution in [0.3, 0.4) is 0 Å². The van der Waals surface area contributed by atoms with Crippen LogP contribution < -0.4 is 5.32 Å². The Kier molecular flexibility index (Phi) is 2.90. The number of fused-ring (bicyclic) bond motifs is 1. The summed E-state index contributed by atoms with van der Waals surface area (Å²) in [5.74, 6) is 1.28. The van der Waals surface area contributed by atoms with Gasteiger partial charge < -0.3 is 5.32 Å². The summed E-state index contributed by atoms with van der Waals surface area (Å²) in [6.07, 6.45) is 1.40. The lowest BCUT2D eigenvalue weighted by Crippen LogP contribution is -2.20. The fourth-order valence-corrected chi connectivity index (χ4v) is 1.83. The number of nitrogens with one attached hydrogen (secondary N) is 1. The van der Waals surface area contributed by atoms with E-state index in [2.05, 4.69) is 5.32 Å². The van der Waals surface area contributed by atoms with Crippen LogP contribution in [0, 0.1) is 0 Å². The Morgan fingerprint density at radius 3 is 2.82 bits per heavy atom. The van der Waals surface area contributed by atoms with E-state index in [4.69, 9.17) is 0 Å². The van der Waals surface area contributed by atoms with E-state index in [1.54, 1.807) is 30.2 Å². The van der Waals surface area contributed by atoms with Crippen LogP contribution in [-0.2, 0) is 4.79 Å². The second-order valence-corrected chi connectivity index (χ2v) is 3.64. The number of carbonyl (C=O) groups excluding carboxylic acids is 2. The Balaban J connectivity index is 2.62. The van der Waals surface area contributed by atoms with Gasteiger partial charge in [0, 0.05) is 12.6 Å². The molecule has 1 amide bonds. The lowest BCUT2D eigenvalue weighted by atomic mass is 9.89. The minimum Gasteiger partial charge on any atom is -0.355 e. The Hall–Kier alpha value is -2.19. The molecule has 1 unspecified atom stereocenters. The first-order valence-corrected chi connectivity index (χ1v) is 5.11. The molecule has 1 aromatic rings.